The van der Waals surface area contributed by atoms with E-state index < -0.39 is 22.7 Å². The Kier molecular flexibility index (Phi) is 5.96. The summed E-state index contributed by atoms with van der Waals surface area (Å²) in [5.74, 6) is -1.57. The van der Waals surface area contributed by atoms with Gasteiger partial charge in [-0.3, -0.25) is 24.6 Å². The van der Waals surface area contributed by atoms with Gasteiger partial charge in [-0.1, -0.05) is 29.5 Å². The average molecular weight is 516 g/mol. The number of nitro groups is 1. The normalized spacial score (nSPS) is 16.9. The van der Waals surface area contributed by atoms with Gasteiger partial charge >= 0.3 is 5.91 Å². The molecule has 0 saturated carbocycles. The number of carbonyl (C=O) groups excluding carboxylic acids is 2. The van der Waals surface area contributed by atoms with E-state index in [2.05, 4.69) is 4.98 Å². The zero-order chi connectivity index (χ0) is 26.4. The van der Waals surface area contributed by atoms with Crippen molar-refractivity contribution in [2.24, 2.45) is 0 Å². The number of methoxy groups -OCH3 is 1. The van der Waals surface area contributed by atoms with Gasteiger partial charge in [-0.2, -0.15) is 0 Å². The largest absolute Gasteiger partial charge is 0.507 e. The molecule has 1 saturated heterocycles. The molecule has 1 N–H and O–H groups in total. The van der Waals surface area contributed by atoms with Crippen LogP contribution in [-0.2, 0) is 9.59 Å². The summed E-state index contributed by atoms with van der Waals surface area (Å²) in [5.41, 5.74) is 2.61. The van der Waals surface area contributed by atoms with Crippen molar-refractivity contribution in [3.8, 4) is 5.75 Å². The molecule has 0 radical (unpaired) electrons. The van der Waals surface area contributed by atoms with Crippen molar-refractivity contribution in [3.63, 3.8) is 0 Å². The van der Waals surface area contributed by atoms with E-state index in [1.54, 1.807) is 31.2 Å². The molecule has 1 aromatic heterocycles. The lowest BCUT2D eigenvalue weighted by Gasteiger charge is -2.23. The number of aromatic nitrogens is 1. The van der Waals surface area contributed by atoms with Gasteiger partial charge < -0.3 is 9.84 Å². The maximum atomic E-state index is 13.4. The van der Waals surface area contributed by atoms with Crippen LogP contribution in [0.1, 0.15) is 28.3 Å². The third kappa shape index (κ3) is 4.11. The van der Waals surface area contributed by atoms with Crippen molar-refractivity contribution < 1.29 is 24.4 Å². The first-order valence-electron chi connectivity index (χ1n) is 11.3. The highest BCUT2D eigenvalue weighted by Gasteiger charge is 2.48. The van der Waals surface area contributed by atoms with Gasteiger partial charge in [0, 0.05) is 17.7 Å². The lowest BCUT2D eigenvalue weighted by Crippen LogP contribution is -2.29. The van der Waals surface area contributed by atoms with Crippen molar-refractivity contribution in [1.29, 1.82) is 0 Å². The fourth-order valence-corrected chi connectivity index (χ4v) is 5.55. The van der Waals surface area contributed by atoms with Gasteiger partial charge in [0.2, 0.25) is 0 Å². The Hall–Kier alpha value is -4.57. The van der Waals surface area contributed by atoms with Crippen LogP contribution in [0, 0.1) is 24.0 Å². The summed E-state index contributed by atoms with van der Waals surface area (Å²) in [7, 11) is 1.52. The van der Waals surface area contributed by atoms with Crippen LogP contribution in [0.2, 0.25) is 0 Å². The van der Waals surface area contributed by atoms with E-state index in [1.165, 1.54) is 41.5 Å². The number of nitro benzene ring substituents is 1. The fraction of sp³-hybridized carbons (Fsp3) is 0.148. The van der Waals surface area contributed by atoms with E-state index in [9.17, 15) is 24.8 Å². The number of amides is 1. The monoisotopic (exact) mass is 515 g/mol. The van der Waals surface area contributed by atoms with Crippen molar-refractivity contribution in [2.75, 3.05) is 12.0 Å². The number of hydrogen-bond acceptors (Lipinski definition) is 8. The lowest BCUT2D eigenvalue weighted by atomic mass is 9.94. The van der Waals surface area contributed by atoms with Crippen LogP contribution in [0.4, 0.5) is 10.8 Å². The molecule has 5 rings (SSSR count). The molecule has 4 aromatic rings. The molecular formula is C27H21N3O6S. The predicted octanol–water partition coefficient (Wildman–Crippen LogP) is 5.46. The molecule has 2 heterocycles. The van der Waals surface area contributed by atoms with Crippen molar-refractivity contribution in [1.82, 2.24) is 4.98 Å². The molecule has 0 aliphatic carbocycles. The number of aliphatic hydroxyl groups is 1. The van der Waals surface area contributed by atoms with Gasteiger partial charge in [0.1, 0.15) is 11.5 Å². The average Bonchev–Trinajstić information content (AvgIpc) is 3.41. The summed E-state index contributed by atoms with van der Waals surface area (Å²) in [5, 5.41) is 23.1. The summed E-state index contributed by atoms with van der Waals surface area (Å²) in [6.45, 7) is 3.72. The minimum Gasteiger partial charge on any atom is -0.507 e. The Morgan fingerprint density at radius 2 is 1.89 bits per heavy atom. The number of fused-ring (bicyclic) bond motifs is 1. The zero-order valence-corrected chi connectivity index (χ0v) is 20.9. The van der Waals surface area contributed by atoms with Gasteiger partial charge in [-0.25, -0.2) is 4.98 Å². The summed E-state index contributed by atoms with van der Waals surface area (Å²) < 4.78 is 6.10. The van der Waals surface area contributed by atoms with Crippen molar-refractivity contribution >= 4 is 49.8 Å². The number of anilines is 1. The third-order valence-corrected chi connectivity index (χ3v) is 7.27. The number of aryl methyl sites for hydroxylation is 2. The number of thiazole rings is 1. The summed E-state index contributed by atoms with van der Waals surface area (Å²) in [6.07, 6.45) is 0. The van der Waals surface area contributed by atoms with Gasteiger partial charge in [0.25, 0.3) is 11.5 Å². The summed E-state index contributed by atoms with van der Waals surface area (Å²) in [6, 6.07) is 15.1. The van der Waals surface area contributed by atoms with Crippen LogP contribution in [0.3, 0.4) is 0 Å². The zero-order valence-electron chi connectivity index (χ0n) is 20.1. The highest BCUT2D eigenvalue weighted by atomic mass is 32.1. The number of benzene rings is 3. The van der Waals surface area contributed by atoms with Crippen LogP contribution in [0.25, 0.3) is 16.0 Å². The standard InChI is InChI=1S/C27H21N3O6S/c1-14-7-9-19-21(11-14)37-27(28-19)29-23(16-5-4-6-18(13-16)30(34)35)22(25(32)26(29)33)24(31)17-8-10-20(36-3)15(2)12-17/h4-13,23,31H,1-3H3/b24-22+/t23-/m1/s1. The number of rotatable bonds is 5. The van der Waals surface area contributed by atoms with Gasteiger partial charge in [-0.15, -0.1) is 0 Å². The second-order valence-corrected chi connectivity index (χ2v) is 9.68. The van der Waals surface area contributed by atoms with E-state index in [-0.39, 0.29) is 22.2 Å². The SMILES string of the molecule is COc1ccc(/C(O)=C2\C(=O)C(=O)N(c3nc4ccc(C)cc4s3)[C@@H]2c2cccc([N+](=O)[O-])c2)cc1C. The summed E-state index contributed by atoms with van der Waals surface area (Å²) in [4.78, 5) is 43.5. The molecule has 3 aromatic carbocycles. The Balaban J connectivity index is 1.75. The molecule has 186 valence electrons. The molecule has 9 nitrogen and oxygen atoms in total. The minimum atomic E-state index is -1.12. The van der Waals surface area contributed by atoms with Gasteiger partial charge in [0.15, 0.2) is 5.13 Å². The Morgan fingerprint density at radius 1 is 1.11 bits per heavy atom. The molecule has 37 heavy (non-hydrogen) atoms. The van der Waals surface area contributed by atoms with E-state index in [0.717, 1.165) is 10.3 Å². The minimum absolute atomic E-state index is 0.175. The number of nitrogens with zero attached hydrogens (tertiary/aromatic N) is 3. The van der Waals surface area contributed by atoms with Gasteiger partial charge in [-0.05, 0) is 60.9 Å². The molecule has 1 aliphatic rings. The second kappa shape index (κ2) is 9.14. The molecule has 1 fully saturated rings. The third-order valence-electron chi connectivity index (χ3n) is 6.25. The molecule has 1 aliphatic heterocycles. The number of non-ortho nitro benzene ring substituents is 1. The maximum absolute atomic E-state index is 13.4. The number of hydrogen-bond donors (Lipinski definition) is 1. The highest BCUT2D eigenvalue weighted by molar-refractivity contribution is 7.22. The van der Waals surface area contributed by atoms with E-state index >= 15 is 0 Å². The topological polar surface area (TPSA) is 123 Å². The lowest BCUT2D eigenvalue weighted by molar-refractivity contribution is -0.384. The molecular weight excluding hydrogens is 494 g/mol. The summed E-state index contributed by atoms with van der Waals surface area (Å²) >= 11 is 1.23. The van der Waals surface area contributed by atoms with Gasteiger partial charge in [0.05, 0.1) is 33.9 Å². The molecule has 0 spiro atoms. The van der Waals surface area contributed by atoms with Crippen LogP contribution in [0.15, 0.2) is 66.2 Å². The molecule has 10 heteroatoms. The van der Waals surface area contributed by atoms with Crippen LogP contribution in [-0.4, -0.2) is 33.8 Å². The first kappa shape index (κ1) is 24.1. The number of carbonyl (C=O) groups is 2. The van der Waals surface area contributed by atoms with Crippen LogP contribution >= 0.6 is 11.3 Å². The Bertz CT molecular complexity index is 1640. The van der Waals surface area contributed by atoms with Crippen LogP contribution < -0.4 is 9.64 Å². The Morgan fingerprint density at radius 3 is 2.59 bits per heavy atom. The quantitative estimate of drug-likeness (QED) is 0.123. The predicted molar refractivity (Wildman–Crippen MR) is 140 cm³/mol. The molecule has 1 atom stereocenters. The molecule has 0 unspecified atom stereocenters. The van der Waals surface area contributed by atoms with Crippen LogP contribution in [0.5, 0.6) is 5.75 Å². The maximum Gasteiger partial charge on any atom is 0.301 e. The second-order valence-electron chi connectivity index (χ2n) is 8.67. The Labute approximate surface area is 215 Å². The first-order valence-corrected chi connectivity index (χ1v) is 12.1. The molecule has 0 bridgehead atoms. The smallest absolute Gasteiger partial charge is 0.301 e. The number of ketones is 1. The van der Waals surface area contributed by atoms with Crippen molar-refractivity contribution in [3.05, 3.63) is 98.6 Å². The number of ether oxygens (including phenoxy) is 1. The van der Waals surface area contributed by atoms with E-state index in [1.807, 2.05) is 25.1 Å². The number of Topliss-reactive ketones (excluding diaryl/α,β-unsaturated/α-hetero) is 1. The first-order chi connectivity index (χ1) is 17.7. The fourth-order valence-electron chi connectivity index (χ4n) is 4.46. The van der Waals surface area contributed by atoms with E-state index in [0.29, 0.717) is 28.0 Å². The van der Waals surface area contributed by atoms with Crippen molar-refractivity contribution in [2.45, 2.75) is 19.9 Å². The van der Waals surface area contributed by atoms with E-state index in [4.69, 9.17) is 4.74 Å². The highest BCUT2D eigenvalue weighted by Crippen LogP contribution is 2.45. The number of aliphatic hydroxyl groups excluding tert-OH is 1. The molecule has 1 amide bonds.